The van der Waals surface area contributed by atoms with Gasteiger partial charge in [0.1, 0.15) is 0 Å². The largest absolute Gasteiger partial charge is 0.476 e. The molecule has 0 fully saturated rings. The monoisotopic (exact) mass is 195 g/mol. The summed E-state index contributed by atoms with van der Waals surface area (Å²) in [5.41, 5.74) is 5.34. The van der Waals surface area contributed by atoms with E-state index in [2.05, 4.69) is 9.97 Å². The smallest absolute Gasteiger partial charge is 0.358 e. The lowest BCUT2D eigenvalue weighted by molar-refractivity contribution is 0.0691. The van der Waals surface area contributed by atoms with Crippen molar-refractivity contribution >= 4 is 17.9 Å². The Labute approximate surface area is 79.7 Å². The van der Waals surface area contributed by atoms with Crippen LogP contribution in [0.1, 0.15) is 16.2 Å². The molecule has 0 aromatic carbocycles. The number of aliphatic hydroxyl groups excluding tert-OH is 1. The number of hydrogen-bond acceptors (Lipinski definition) is 5. The molecule has 0 aliphatic heterocycles. The van der Waals surface area contributed by atoms with Crippen LogP contribution >= 0.6 is 0 Å². The molecule has 0 saturated carbocycles. The van der Waals surface area contributed by atoms with E-state index in [1.165, 1.54) is 18.3 Å². The summed E-state index contributed by atoms with van der Waals surface area (Å²) in [5.74, 6) is -1.35. The third-order valence-corrected chi connectivity index (χ3v) is 1.42. The van der Waals surface area contributed by atoms with Crippen LogP contribution < -0.4 is 5.73 Å². The third-order valence-electron chi connectivity index (χ3n) is 1.42. The van der Waals surface area contributed by atoms with Crippen LogP contribution in [0.4, 0.5) is 5.82 Å². The third kappa shape index (κ3) is 2.27. The first kappa shape index (κ1) is 10.1. The summed E-state index contributed by atoms with van der Waals surface area (Å²) >= 11 is 0. The van der Waals surface area contributed by atoms with E-state index in [-0.39, 0.29) is 18.1 Å². The minimum atomic E-state index is -1.23. The molecule has 1 rings (SSSR count). The summed E-state index contributed by atoms with van der Waals surface area (Å²) in [5, 5.41) is 17.1. The van der Waals surface area contributed by atoms with E-state index < -0.39 is 5.97 Å². The lowest BCUT2D eigenvalue weighted by atomic mass is 10.3. The van der Waals surface area contributed by atoms with Crippen molar-refractivity contribution in [2.24, 2.45) is 0 Å². The fourth-order valence-electron chi connectivity index (χ4n) is 0.823. The van der Waals surface area contributed by atoms with Gasteiger partial charge < -0.3 is 15.9 Å². The number of nitrogens with zero attached hydrogens (tertiary/aromatic N) is 2. The van der Waals surface area contributed by atoms with Gasteiger partial charge in [0.15, 0.2) is 11.5 Å². The molecule has 0 radical (unpaired) electrons. The number of aromatic carboxylic acids is 1. The number of carboxylic acid groups (broad SMARTS) is 1. The van der Waals surface area contributed by atoms with Gasteiger partial charge in [0.05, 0.1) is 18.5 Å². The SMILES string of the molecule is Nc1ncc(C=CCO)nc1C(=O)O. The highest BCUT2D eigenvalue weighted by Gasteiger charge is 2.10. The van der Waals surface area contributed by atoms with Crippen molar-refractivity contribution in [2.45, 2.75) is 0 Å². The molecule has 0 amide bonds. The highest BCUT2D eigenvalue weighted by molar-refractivity contribution is 5.90. The summed E-state index contributed by atoms with van der Waals surface area (Å²) in [7, 11) is 0. The molecule has 74 valence electrons. The molecule has 0 spiro atoms. The molecule has 6 heteroatoms. The van der Waals surface area contributed by atoms with Gasteiger partial charge in [-0.25, -0.2) is 14.8 Å². The van der Waals surface area contributed by atoms with E-state index in [0.717, 1.165) is 0 Å². The fraction of sp³-hybridized carbons (Fsp3) is 0.125. The average molecular weight is 195 g/mol. The molecule has 0 aliphatic carbocycles. The van der Waals surface area contributed by atoms with Gasteiger partial charge in [0, 0.05) is 0 Å². The predicted octanol–water partition coefficient (Wildman–Crippen LogP) is -0.238. The standard InChI is InChI=1S/C8H9N3O3/c9-7-6(8(13)14)11-5(4-10-7)2-1-3-12/h1-2,4,12H,3H2,(H2,9,10)(H,13,14). The van der Waals surface area contributed by atoms with Crippen molar-refractivity contribution in [3.63, 3.8) is 0 Å². The normalized spacial score (nSPS) is 10.6. The van der Waals surface area contributed by atoms with Gasteiger partial charge in [0.25, 0.3) is 0 Å². The van der Waals surface area contributed by atoms with Crippen LogP contribution in [0.5, 0.6) is 0 Å². The number of hydrogen-bond donors (Lipinski definition) is 3. The Hall–Kier alpha value is -1.95. The maximum Gasteiger partial charge on any atom is 0.358 e. The Morgan fingerprint density at radius 3 is 2.93 bits per heavy atom. The first-order valence-electron chi connectivity index (χ1n) is 3.78. The van der Waals surface area contributed by atoms with E-state index in [9.17, 15) is 4.79 Å². The molecule has 0 unspecified atom stereocenters. The molecule has 6 nitrogen and oxygen atoms in total. The Kier molecular flexibility index (Phi) is 3.14. The molecular weight excluding hydrogens is 186 g/mol. The number of nitrogen functional groups attached to an aromatic ring is 1. The second kappa shape index (κ2) is 4.33. The summed E-state index contributed by atoms with van der Waals surface area (Å²) in [6.45, 7) is -0.144. The van der Waals surface area contributed by atoms with Crippen molar-refractivity contribution in [1.29, 1.82) is 0 Å². The van der Waals surface area contributed by atoms with Crippen LogP contribution in [0.3, 0.4) is 0 Å². The van der Waals surface area contributed by atoms with Crippen molar-refractivity contribution in [1.82, 2.24) is 9.97 Å². The topological polar surface area (TPSA) is 109 Å². The zero-order valence-corrected chi connectivity index (χ0v) is 7.21. The molecule has 0 saturated heterocycles. The van der Waals surface area contributed by atoms with E-state index in [1.54, 1.807) is 0 Å². The molecule has 0 bridgehead atoms. The van der Waals surface area contributed by atoms with Crippen molar-refractivity contribution in [2.75, 3.05) is 12.3 Å². The lowest BCUT2D eigenvalue weighted by Gasteiger charge is -1.99. The summed E-state index contributed by atoms with van der Waals surface area (Å²) in [6, 6.07) is 0. The quantitative estimate of drug-likeness (QED) is 0.614. The van der Waals surface area contributed by atoms with Crippen LogP contribution in [0.2, 0.25) is 0 Å². The van der Waals surface area contributed by atoms with Crippen LogP contribution in [0.25, 0.3) is 6.08 Å². The number of nitrogens with two attached hydrogens (primary N) is 1. The first-order chi connectivity index (χ1) is 6.65. The van der Waals surface area contributed by atoms with Gasteiger partial charge in [-0.3, -0.25) is 0 Å². The van der Waals surface area contributed by atoms with Gasteiger partial charge in [0.2, 0.25) is 0 Å². The van der Waals surface area contributed by atoms with E-state index in [1.807, 2.05) is 0 Å². The Morgan fingerprint density at radius 2 is 2.36 bits per heavy atom. The minimum absolute atomic E-state index is 0.126. The summed E-state index contributed by atoms with van der Waals surface area (Å²) in [4.78, 5) is 18.0. The maximum absolute atomic E-state index is 10.6. The highest BCUT2D eigenvalue weighted by Crippen LogP contribution is 2.06. The molecule has 0 aliphatic rings. The first-order valence-corrected chi connectivity index (χ1v) is 3.78. The van der Waals surface area contributed by atoms with Crippen LogP contribution in [-0.4, -0.2) is 32.8 Å². The van der Waals surface area contributed by atoms with E-state index in [4.69, 9.17) is 15.9 Å². The van der Waals surface area contributed by atoms with Gasteiger partial charge in [-0.1, -0.05) is 6.08 Å². The Morgan fingerprint density at radius 1 is 1.64 bits per heavy atom. The Bertz CT molecular complexity index is 376. The van der Waals surface area contributed by atoms with Crippen LogP contribution in [0, 0.1) is 0 Å². The number of aliphatic hydroxyl groups is 1. The van der Waals surface area contributed by atoms with Gasteiger partial charge >= 0.3 is 5.97 Å². The molecular formula is C8H9N3O3. The molecule has 1 aromatic rings. The lowest BCUT2D eigenvalue weighted by Crippen LogP contribution is -2.08. The maximum atomic E-state index is 10.6. The van der Waals surface area contributed by atoms with Gasteiger partial charge in [-0.15, -0.1) is 0 Å². The summed E-state index contributed by atoms with van der Waals surface area (Å²) < 4.78 is 0. The van der Waals surface area contributed by atoms with E-state index in [0.29, 0.717) is 5.69 Å². The average Bonchev–Trinajstić information content (AvgIpc) is 2.16. The van der Waals surface area contributed by atoms with E-state index >= 15 is 0 Å². The molecule has 1 heterocycles. The van der Waals surface area contributed by atoms with Crippen LogP contribution in [0.15, 0.2) is 12.3 Å². The second-order valence-electron chi connectivity index (χ2n) is 2.42. The number of carboxylic acids is 1. The number of carbonyl (C=O) groups is 1. The fourth-order valence-corrected chi connectivity index (χ4v) is 0.823. The highest BCUT2D eigenvalue weighted by atomic mass is 16.4. The molecule has 14 heavy (non-hydrogen) atoms. The number of aromatic nitrogens is 2. The zero-order chi connectivity index (χ0) is 10.6. The minimum Gasteiger partial charge on any atom is -0.476 e. The predicted molar refractivity (Wildman–Crippen MR) is 49.5 cm³/mol. The summed E-state index contributed by atoms with van der Waals surface area (Å²) in [6.07, 6.45) is 4.21. The van der Waals surface area contributed by atoms with Crippen molar-refractivity contribution in [3.05, 3.63) is 23.7 Å². The van der Waals surface area contributed by atoms with Crippen molar-refractivity contribution in [3.8, 4) is 0 Å². The molecule has 0 atom stereocenters. The Balaban J connectivity index is 3.06. The van der Waals surface area contributed by atoms with Gasteiger partial charge in [-0.05, 0) is 6.08 Å². The van der Waals surface area contributed by atoms with Gasteiger partial charge in [-0.2, -0.15) is 0 Å². The van der Waals surface area contributed by atoms with Crippen LogP contribution in [-0.2, 0) is 0 Å². The second-order valence-corrected chi connectivity index (χ2v) is 2.42. The molecule has 4 N–H and O–H groups in total. The zero-order valence-electron chi connectivity index (χ0n) is 7.21. The number of rotatable bonds is 3. The molecule has 1 aromatic heterocycles. The number of anilines is 1. The van der Waals surface area contributed by atoms with Crippen molar-refractivity contribution < 1.29 is 15.0 Å².